The SMILES string of the molecule is CC1(Cc2ccccc2)CC(S(=O)(=O)c2ccc(Cl)cc2)=C(c2ccc(/C(N)=N/O)cc2)O1. The van der Waals surface area contributed by atoms with Gasteiger partial charge in [-0.05, 0) is 36.8 Å². The van der Waals surface area contributed by atoms with Crippen LogP contribution in [0.15, 0.2) is 93.8 Å². The lowest BCUT2D eigenvalue weighted by atomic mass is 9.94. The van der Waals surface area contributed by atoms with E-state index in [0.717, 1.165) is 5.56 Å². The third kappa shape index (κ3) is 4.74. The maximum Gasteiger partial charge on any atom is 0.206 e. The molecule has 0 bridgehead atoms. The van der Waals surface area contributed by atoms with Crippen molar-refractivity contribution in [2.75, 3.05) is 0 Å². The van der Waals surface area contributed by atoms with Gasteiger partial charge in [-0.15, -0.1) is 0 Å². The predicted octanol–water partition coefficient (Wildman–Crippen LogP) is 5.00. The second-order valence-corrected chi connectivity index (χ2v) is 10.6. The zero-order valence-corrected chi connectivity index (χ0v) is 19.5. The van der Waals surface area contributed by atoms with Gasteiger partial charge in [-0.1, -0.05) is 71.4 Å². The first-order valence-electron chi connectivity index (χ1n) is 10.3. The van der Waals surface area contributed by atoms with Crippen molar-refractivity contribution in [1.82, 2.24) is 0 Å². The Kier molecular flexibility index (Phi) is 6.19. The monoisotopic (exact) mass is 482 g/mol. The van der Waals surface area contributed by atoms with E-state index in [1.165, 1.54) is 12.1 Å². The fourth-order valence-corrected chi connectivity index (χ4v) is 5.73. The summed E-state index contributed by atoms with van der Waals surface area (Å²) in [6.07, 6.45) is 0.753. The molecule has 8 heteroatoms. The lowest BCUT2D eigenvalue weighted by molar-refractivity contribution is 0.0800. The van der Waals surface area contributed by atoms with E-state index in [1.54, 1.807) is 36.4 Å². The van der Waals surface area contributed by atoms with Crippen molar-refractivity contribution in [2.24, 2.45) is 10.9 Å². The van der Waals surface area contributed by atoms with E-state index in [9.17, 15) is 8.42 Å². The van der Waals surface area contributed by atoms with E-state index in [0.29, 0.717) is 28.3 Å². The molecule has 0 saturated carbocycles. The molecule has 1 heterocycles. The largest absolute Gasteiger partial charge is 0.485 e. The molecule has 3 aromatic carbocycles. The zero-order valence-electron chi connectivity index (χ0n) is 17.9. The molecule has 3 aromatic rings. The van der Waals surface area contributed by atoms with E-state index in [-0.39, 0.29) is 22.1 Å². The molecule has 1 atom stereocenters. The summed E-state index contributed by atoms with van der Waals surface area (Å²) in [6, 6.07) is 22.6. The average Bonchev–Trinajstić information content (AvgIpc) is 3.17. The summed E-state index contributed by atoms with van der Waals surface area (Å²) in [5, 5.41) is 12.4. The van der Waals surface area contributed by atoms with E-state index in [1.807, 2.05) is 37.3 Å². The highest BCUT2D eigenvalue weighted by Gasteiger charge is 2.43. The third-order valence-corrected chi connectivity index (χ3v) is 7.68. The summed E-state index contributed by atoms with van der Waals surface area (Å²) >= 11 is 5.96. The van der Waals surface area contributed by atoms with Gasteiger partial charge in [0, 0.05) is 29.0 Å². The molecular weight excluding hydrogens is 460 g/mol. The lowest BCUT2D eigenvalue weighted by Gasteiger charge is -2.25. The normalized spacial score (nSPS) is 18.9. The zero-order chi connectivity index (χ0) is 23.6. The van der Waals surface area contributed by atoms with Crippen molar-refractivity contribution in [3.63, 3.8) is 0 Å². The molecule has 0 aliphatic carbocycles. The Morgan fingerprint density at radius 2 is 1.70 bits per heavy atom. The fraction of sp³-hybridized carbons (Fsp3) is 0.160. The topological polar surface area (TPSA) is 102 Å². The van der Waals surface area contributed by atoms with Gasteiger partial charge in [0.2, 0.25) is 9.84 Å². The van der Waals surface area contributed by atoms with Crippen molar-refractivity contribution >= 4 is 33.0 Å². The molecule has 3 N–H and O–H groups in total. The molecule has 0 fully saturated rings. The van der Waals surface area contributed by atoms with Gasteiger partial charge in [-0.25, -0.2) is 8.42 Å². The highest BCUT2D eigenvalue weighted by molar-refractivity contribution is 7.95. The van der Waals surface area contributed by atoms with Gasteiger partial charge < -0.3 is 15.7 Å². The highest BCUT2D eigenvalue weighted by Crippen LogP contribution is 2.45. The van der Waals surface area contributed by atoms with Crippen LogP contribution in [0.3, 0.4) is 0 Å². The summed E-state index contributed by atoms with van der Waals surface area (Å²) in [5.74, 6) is 0.264. The van der Waals surface area contributed by atoms with E-state index in [2.05, 4.69) is 5.16 Å². The molecule has 1 aliphatic heterocycles. The number of rotatable bonds is 6. The summed E-state index contributed by atoms with van der Waals surface area (Å²) in [7, 11) is -3.84. The predicted molar refractivity (Wildman–Crippen MR) is 129 cm³/mol. The van der Waals surface area contributed by atoms with E-state index >= 15 is 0 Å². The molecule has 0 radical (unpaired) electrons. The quantitative estimate of drug-likeness (QED) is 0.223. The van der Waals surface area contributed by atoms with Gasteiger partial charge in [0.1, 0.15) is 11.4 Å². The number of benzene rings is 3. The average molecular weight is 483 g/mol. The summed E-state index contributed by atoms with van der Waals surface area (Å²) in [6.45, 7) is 1.91. The van der Waals surface area contributed by atoms with Crippen LogP contribution in [0, 0.1) is 0 Å². The number of amidine groups is 1. The Hall–Kier alpha value is -3.29. The molecular formula is C25H23ClN2O4S. The molecule has 0 amide bonds. The van der Waals surface area contributed by atoms with Crippen molar-refractivity contribution in [3.05, 3.63) is 105 Å². The van der Waals surface area contributed by atoms with Crippen LogP contribution in [-0.4, -0.2) is 25.1 Å². The highest BCUT2D eigenvalue weighted by atomic mass is 35.5. The van der Waals surface area contributed by atoms with Gasteiger partial charge in [-0.3, -0.25) is 0 Å². The van der Waals surface area contributed by atoms with Crippen LogP contribution in [0.2, 0.25) is 5.02 Å². The molecule has 170 valence electrons. The van der Waals surface area contributed by atoms with Crippen molar-refractivity contribution in [1.29, 1.82) is 0 Å². The molecule has 1 aliphatic rings. The lowest BCUT2D eigenvalue weighted by Crippen LogP contribution is -2.27. The number of hydrogen-bond acceptors (Lipinski definition) is 5. The molecule has 33 heavy (non-hydrogen) atoms. The smallest absolute Gasteiger partial charge is 0.206 e. The van der Waals surface area contributed by atoms with E-state index in [4.69, 9.17) is 27.3 Å². The maximum atomic E-state index is 13.6. The van der Waals surface area contributed by atoms with Crippen LogP contribution in [0.5, 0.6) is 0 Å². The first-order valence-corrected chi connectivity index (χ1v) is 12.1. The third-order valence-electron chi connectivity index (χ3n) is 5.56. The van der Waals surface area contributed by atoms with E-state index < -0.39 is 15.4 Å². The summed E-state index contributed by atoms with van der Waals surface area (Å²) < 4.78 is 33.6. The number of nitrogens with zero attached hydrogens (tertiary/aromatic N) is 1. The minimum atomic E-state index is -3.84. The number of ether oxygens (including phenoxy) is 1. The van der Waals surface area contributed by atoms with Crippen LogP contribution in [0.25, 0.3) is 5.76 Å². The minimum Gasteiger partial charge on any atom is -0.485 e. The second kappa shape index (κ2) is 8.92. The Balaban J connectivity index is 1.78. The molecule has 1 unspecified atom stereocenters. The number of sulfone groups is 1. The minimum absolute atomic E-state index is 0.0363. The van der Waals surface area contributed by atoms with Crippen LogP contribution >= 0.6 is 11.6 Å². The van der Waals surface area contributed by atoms with Gasteiger partial charge in [0.25, 0.3) is 0 Å². The van der Waals surface area contributed by atoms with Crippen molar-refractivity contribution in [2.45, 2.75) is 30.3 Å². The molecule has 0 aromatic heterocycles. The maximum absolute atomic E-state index is 13.6. The molecule has 6 nitrogen and oxygen atoms in total. The standard InChI is InChI=1S/C25H23ClN2O4S/c1-25(15-17-5-3-2-4-6-17)16-22(33(30,31)21-13-11-20(26)12-14-21)23(32-25)18-7-9-19(10-8-18)24(27)28-29/h2-14,29H,15-16H2,1H3,(H2,27,28). The summed E-state index contributed by atoms with van der Waals surface area (Å²) in [5.41, 5.74) is 7.06. The van der Waals surface area contributed by atoms with Crippen LogP contribution in [0.4, 0.5) is 0 Å². The van der Waals surface area contributed by atoms with Crippen LogP contribution < -0.4 is 5.73 Å². The fourth-order valence-electron chi connectivity index (χ4n) is 3.93. The number of oxime groups is 1. The Morgan fingerprint density at radius 1 is 1.06 bits per heavy atom. The van der Waals surface area contributed by atoms with Crippen LogP contribution in [0.1, 0.15) is 30.0 Å². The Bertz CT molecular complexity index is 1320. The van der Waals surface area contributed by atoms with Gasteiger partial charge >= 0.3 is 0 Å². The number of hydrogen-bond donors (Lipinski definition) is 2. The first-order chi connectivity index (χ1) is 15.7. The molecule has 0 saturated heterocycles. The van der Waals surface area contributed by atoms with Gasteiger partial charge in [-0.2, -0.15) is 0 Å². The molecule has 4 rings (SSSR count). The summed E-state index contributed by atoms with van der Waals surface area (Å²) in [4.78, 5) is 0.361. The van der Waals surface area contributed by atoms with Crippen molar-refractivity contribution in [3.8, 4) is 0 Å². The van der Waals surface area contributed by atoms with Gasteiger partial charge in [0.15, 0.2) is 5.84 Å². The number of nitrogens with two attached hydrogens (primary N) is 1. The van der Waals surface area contributed by atoms with Crippen molar-refractivity contribution < 1.29 is 18.4 Å². The first kappa shape index (κ1) is 22.9. The second-order valence-electron chi connectivity index (χ2n) is 8.16. The van der Waals surface area contributed by atoms with Gasteiger partial charge in [0.05, 0.1) is 9.80 Å². The molecule has 0 spiro atoms. The Labute approximate surface area is 197 Å². The van der Waals surface area contributed by atoms with Crippen LogP contribution in [-0.2, 0) is 21.0 Å². The Morgan fingerprint density at radius 3 is 2.30 bits per heavy atom. The number of halogens is 1.